The van der Waals surface area contributed by atoms with Gasteiger partial charge in [0.25, 0.3) is 0 Å². The Morgan fingerprint density at radius 1 is 0.704 bits per heavy atom. The van der Waals surface area contributed by atoms with Crippen LogP contribution in [-0.2, 0) is 0 Å². The molecule has 0 amide bonds. The second kappa shape index (κ2) is 7.57. The zero-order chi connectivity index (χ0) is 18.6. The van der Waals surface area contributed by atoms with Gasteiger partial charge in [-0.2, -0.15) is 5.26 Å². The SMILES string of the molecule is N#Cc1c(-c2ccccc2)cc(-c2ccccc2)nc1-c1ccc(Br)cc1. The summed E-state index contributed by atoms with van der Waals surface area (Å²) < 4.78 is 0.993. The first kappa shape index (κ1) is 17.2. The molecule has 0 unspecified atom stereocenters. The summed E-state index contributed by atoms with van der Waals surface area (Å²) in [5.74, 6) is 0. The number of nitrogens with zero attached hydrogens (tertiary/aromatic N) is 2. The van der Waals surface area contributed by atoms with E-state index in [1.54, 1.807) is 0 Å². The molecule has 4 rings (SSSR count). The highest BCUT2D eigenvalue weighted by Gasteiger charge is 2.16. The molecule has 0 aliphatic rings. The third-order valence-electron chi connectivity index (χ3n) is 4.40. The predicted octanol–water partition coefficient (Wildman–Crippen LogP) is 6.72. The van der Waals surface area contributed by atoms with E-state index < -0.39 is 0 Å². The van der Waals surface area contributed by atoms with Gasteiger partial charge in [-0.3, -0.25) is 0 Å². The van der Waals surface area contributed by atoms with E-state index in [9.17, 15) is 5.26 Å². The van der Waals surface area contributed by atoms with E-state index in [1.807, 2.05) is 91.0 Å². The van der Waals surface area contributed by atoms with E-state index in [1.165, 1.54) is 0 Å². The second-order valence-electron chi connectivity index (χ2n) is 6.13. The van der Waals surface area contributed by atoms with E-state index in [4.69, 9.17) is 4.98 Å². The molecule has 2 nitrogen and oxygen atoms in total. The first-order chi connectivity index (χ1) is 13.3. The molecule has 0 bridgehead atoms. The molecule has 1 aromatic heterocycles. The van der Waals surface area contributed by atoms with Crippen LogP contribution in [0.1, 0.15) is 5.56 Å². The molecule has 0 saturated carbocycles. The van der Waals surface area contributed by atoms with Gasteiger partial charge in [0.2, 0.25) is 0 Å². The standard InChI is InChI=1S/C24H15BrN2/c25-20-13-11-19(12-14-20)24-22(16-26)21(17-7-3-1-4-8-17)15-23(27-24)18-9-5-2-6-10-18/h1-15H. The minimum absolute atomic E-state index is 0.586. The molecule has 0 saturated heterocycles. The Morgan fingerprint density at radius 3 is 1.89 bits per heavy atom. The number of benzene rings is 3. The fourth-order valence-corrected chi connectivity index (χ4v) is 3.34. The van der Waals surface area contributed by atoms with Crippen LogP contribution in [0.2, 0.25) is 0 Å². The van der Waals surface area contributed by atoms with Crippen molar-refractivity contribution in [1.82, 2.24) is 4.98 Å². The van der Waals surface area contributed by atoms with Crippen molar-refractivity contribution in [2.45, 2.75) is 0 Å². The number of halogens is 1. The lowest BCUT2D eigenvalue weighted by Gasteiger charge is -2.13. The molecule has 1 heterocycles. The Bertz CT molecular complexity index is 1110. The van der Waals surface area contributed by atoms with Crippen LogP contribution in [-0.4, -0.2) is 4.98 Å². The predicted molar refractivity (Wildman–Crippen MR) is 113 cm³/mol. The van der Waals surface area contributed by atoms with Crippen LogP contribution < -0.4 is 0 Å². The maximum absolute atomic E-state index is 9.94. The van der Waals surface area contributed by atoms with E-state index >= 15 is 0 Å². The van der Waals surface area contributed by atoms with Crippen molar-refractivity contribution >= 4 is 15.9 Å². The van der Waals surface area contributed by atoms with Crippen molar-refractivity contribution in [2.24, 2.45) is 0 Å². The number of pyridine rings is 1. The van der Waals surface area contributed by atoms with Gasteiger partial charge < -0.3 is 0 Å². The molecule has 0 aliphatic carbocycles. The fourth-order valence-electron chi connectivity index (χ4n) is 3.08. The molecular formula is C24H15BrN2. The highest BCUT2D eigenvalue weighted by atomic mass is 79.9. The van der Waals surface area contributed by atoms with Crippen molar-refractivity contribution in [2.75, 3.05) is 0 Å². The van der Waals surface area contributed by atoms with Crippen molar-refractivity contribution in [3.05, 3.63) is 101 Å². The number of aromatic nitrogens is 1. The van der Waals surface area contributed by atoms with Gasteiger partial charge in [0.1, 0.15) is 6.07 Å². The van der Waals surface area contributed by atoms with E-state index in [-0.39, 0.29) is 0 Å². The highest BCUT2D eigenvalue weighted by Crippen LogP contribution is 2.34. The summed E-state index contributed by atoms with van der Waals surface area (Å²) in [4.78, 5) is 4.86. The topological polar surface area (TPSA) is 36.7 Å². The number of hydrogen-bond donors (Lipinski definition) is 0. The maximum atomic E-state index is 9.94. The fraction of sp³-hybridized carbons (Fsp3) is 0. The Hall–Kier alpha value is -3.22. The molecule has 3 heteroatoms. The molecule has 4 aromatic rings. The average Bonchev–Trinajstić information content (AvgIpc) is 2.74. The smallest absolute Gasteiger partial charge is 0.102 e. The van der Waals surface area contributed by atoms with Crippen LogP contribution in [0, 0.1) is 11.3 Å². The van der Waals surface area contributed by atoms with Crippen molar-refractivity contribution in [3.63, 3.8) is 0 Å². The largest absolute Gasteiger partial charge is 0.246 e. The molecule has 128 valence electrons. The summed E-state index contributed by atoms with van der Waals surface area (Å²) in [6.07, 6.45) is 0. The normalized spacial score (nSPS) is 10.4. The van der Waals surface area contributed by atoms with Gasteiger partial charge in [0.05, 0.1) is 17.0 Å². The average molecular weight is 411 g/mol. The second-order valence-corrected chi connectivity index (χ2v) is 7.05. The first-order valence-corrected chi connectivity index (χ1v) is 9.37. The van der Waals surface area contributed by atoms with Crippen LogP contribution in [0.4, 0.5) is 0 Å². The minimum Gasteiger partial charge on any atom is -0.246 e. The molecule has 0 aliphatic heterocycles. The first-order valence-electron chi connectivity index (χ1n) is 8.58. The summed E-state index contributed by atoms with van der Waals surface area (Å²) in [5, 5.41) is 9.94. The van der Waals surface area contributed by atoms with E-state index in [0.717, 1.165) is 32.4 Å². The van der Waals surface area contributed by atoms with Crippen molar-refractivity contribution < 1.29 is 0 Å². The molecule has 27 heavy (non-hydrogen) atoms. The van der Waals surface area contributed by atoms with Gasteiger partial charge in [-0.15, -0.1) is 0 Å². The molecule has 0 atom stereocenters. The zero-order valence-electron chi connectivity index (χ0n) is 14.4. The number of hydrogen-bond acceptors (Lipinski definition) is 2. The van der Waals surface area contributed by atoms with Gasteiger partial charge in [0, 0.05) is 21.2 Å². The van der Waals surface area contributed by atoms with Crippen molar-refractivity contribution in [1.29, 1.82) is 5.26 Å². The lowest BCUT2D eigenvalue weighted by molar-refractivity contribution is 1.30. The summed E-state index contributed by atoms with van der Waals surface area (Å²) in [6.45, 7) is 0. The Balaban J connectivity index is 2.02. The highest BCUT2D eigenvalue weighted by molar-refractivity contribution is 9.10. The molecule has 0 fully saturated rings. The Kier molecular flexibility index (Phi) is 4.82. The lowest BCUT2D eigenvalue weighted by atomic mass is 9.94. The zero-order valence-corrected chi connectivity index (χ0v) is 16.0. The summed E-state index contributed by atoms with van der Waals surface area (Å²) in [6, 6.07) is 32.3. The lowest BCUT2D eigenvalue weighted by Crippen LogP contribution is -1.97. The van der Waals surface area contributed by atoms with Crippen LogP contribution in [0.25, 0.3) is 33.6 Å². The third kappa shape index (κ3) is 3.53. The maximum Gasteiger partial charge on any atom is 0.102 e. The molecule has 3 aromatic carbocycles. The molecule has 0 spiro atoms. The van der Waals surface area contributed by atoms with Gasteiger partial charge in [-0.1, -0.05) is 88.7 Å². The van der Waals surface area contributed by atoms with Crippen molar-refractivity contribution in [3.8, 4) is 39.7 Å². The van der Waals surface area contributed by atoms with Gasteiger partial charge >= 0.3 is 0 Å². The molecule has 0 N–H and O–H groups in total. The van der Waals surface area contributed by atoms with Gasteiger partial charge in [-0.05, 0) is 23.8 Å². The number of nitriles is 1. The summed E-state index contributed by atoms with van der Waals surface area (Å²) >= 11 is 3.47. The molecule has 0 radical (unpaired) electrons. The minimum atomic E-state index is 0.586. The van der Waals surface area contributed by atoms with Gasteiger partial charge in [0.15, 0.2) is 0 Å². The third-order valence-corrected chi connectivity index (χ3v) is 4.93. The van der Waals surface area contributed by atoms with Crippen LogP contribution >= 0.6 is 15.9 Å². The molecular weight excluding hydrogens is 396 g/mol. The number of rotatable bonds is 3. The summed E-state index contributed by atoms with van der Waals surface area (Å²) in [5.41, 5.74) is 5.99. The Labute approximate surface area is 166 Å². The summed E-state index contributed by atoms with van der Waals surface area (Å²) in [7, 11) is 0. The van der Waals surface area contributed by atoms with Crippen LogP contribution in [0.3, 0.4) is 0 Å². The van der Waals surface area contributed by atoms with E-state index in [0.29, 0.717) is 11.3 Å². The monoisotopic (exact) mass is 410 g/mol. The van der Waals surface area contributed by atoms with Crippen LogP contribution in [0.5, 0.6) is 0 Å². The Morgan fingerprint density at radius 2 is 1.30 bits per heavy atom. The quantitative estimate of drug-likeness (QED) is 0.375. The van der Waals surface area contributed by atoms with Crippen LogP contribution in [0.15, 0.2) is 95.5 Å². The van der Waals surface area contributed by atoms with Gasteiger partial charge in [-0.25, -0.2) is 4.98 Å². The van der Waals surface area contributed by atoms with E-state index in [2.05, 4.69) is 22.0 Å².